The monoisotopic (exact) mass is 408 g/mol. The number of rotatable bonds is 5. The van der Waals surface area contributed by atoms with E-state index in [4.69, 9.17) is 4.42 Å². The maximum atomic E-state index is 13.5. The molecular formula is C23H24N2O3S. The van der Waals surface area contributed by atoms with Gasteiger partial charge in [-0.2, -0.15) is 0 Å². The first-order chi connectivity index (χ1) is 13.9. The second-order valence-electron chi connectivity index (χ2n) is 7.20. The van der Waals surface area contributed by atoms with E-state index in [1.54, 1.807) is 19.9 Å². The van der Waals surface area contributed by atoms with Gasteiger partial charge >= 0.3 is 0 Å². The molecule has 0 aliphatic rings. The molecule has 29 heavy (non-hydrogen) atoms. The molecule has 0 saturated carbocycles. The Labute approximate surface area is 173 Å². The van der Waals surface area contributed by atoms with Crippen molar-refractivity contribution in [2.45, 2.75) is 34.2 Å². The Kier molecular flexibility index (Phi) is 5.15. The van der Waals surface area contributed by atoms with Crippen molar-refractivity contribution < 1.29 is 9.52 Å². The highest BCUT2D eigenvalue weighted by molar-refractivity contribution is 7.21. The number of hydrogen-bond donors (Lipinski definition) is 1. The van der Waals surface area contributed by atoms with Gasteiger partial charge < -0.3 is 9.52 Å². The molecule has 0 bridgehead atoms. The number of fused-ring (bicyclic) bond motifs is 2. The first kappa shape index (κ1) is 19.6. The third kappa shape index (κ3) is 3.32. The molecule has 2 aromatic heterocycles. The van der Waals surface area contributed by atoms with Gasteiger partial charge in [-0.05, 0) is 45.1 Å². The number of thiazole rings is 1. The molecule has 0 radical (unpaired) electrons. The minimum absolute atomic E-state index is 0.105. The molecule has 2 aromatic carbocycles. The Morgan fingerprint density at radius 2 is 1.90 bits per heavy atom. The number of hydrogen-bond acceptors (Lipinski definition) is 6. The summed E-state index contributed by atoms with van der Waals surface area (Å²) < 4.78 is 7.07. The quantitative estimate of drug-likeness (QED) is 0.489. The van der Waals surface area contributed by atoms with Crippen LogP contribution in [0.4, 0.5) is 0 Å². The highest BCUT2D eigenvalue weighted by Gasteiger charge is 2.21. The van der Waals surface area contributed by atoms with Crippen LogP contribution >= 0.6 is 11.3 Å². The Morgan fingerprint density at radius 3 is 2.59 bits per heavy atom. The second kappa shape index (κ2) is 7.61. The highest BCUT2D eigenvalue weighted by Crippen LogP contribution is 2.35. The molecule has 4 aromatic rings. The van der Waals surface area contributed by atoms with Crippen LogP contribution in [0.1, 0.15) is 30.7 Å². The molecule has 0 amide bonds. The lowest BCUT2D eigenvalue weighted by Gasteiger charge is -2.20. The largest absolute Gasteiger partial charge is 0.507 e. The molecule has 2 heterocycles. The van der Waals surface area contributed by atoms with Gasteiger partial charge in [0.15, 0.2) is 0 Å². The van der Waals surface area contributed by atoms with Crippen molar-refractivity contribution in [1.82, 2.24) is 9.88 Å². The maximum Gasteiger partial charge on any atom is 0.203 e. The van der Waals surface area contributed by atoms with E-state index in [0.29, 0.717) is 39.4 Å². The van der Waals surface area contributed by atoms with Gasteiger partial charge in [-0.25, -0.2) is 4.98 Å². The molecule has 150 valence electrons. The molecule has 0 aliphatic heterocycles. The van der Waals surface area contributed by atoms with Crippen molar-refractivity contribution in [2.75, 3.05) is 13.1 Å². The van der Waals surface area contributed by atoms with E-state index in [0.717, 1.165) is 28.9 Å². The Balaban J connectivity index is 1.95. The van der Waals surface area contributed by atoms with Gasteiger partial charge in [-0.3, -0.25) is 9.69 Å². The summed E-state index contributed by atoms with van der Waals surface area (Å²) in [5.74, 6) is 0.709. The van der Waals surface area contributed by atoms with Crippen molar-refractivity contribution in [3.63, 3.8) is 0 Å². The van der Waals surface area contributed by atoms with Crippen LogP contribution in [0.15, 0.2) is 39.5 Å². The van der Waals surface area contributed by atoms with Crippen LogP contribution < -0.4 is 5.43 Å². The van der Waals surface area contributed by atoms with Crippen LogP contribution in [0.2, 0.25) is 0 Å². The van der Waals surface area contributed by atoms with Gasteiger partial charge in [0.25, 0.3) is 0 Å². The molecule has 0 aliphatic carbocycles. The van der Waals surface area contributed by atoms with Gasteiger partial charge in [0.05, 0.1) is 21.2 Å². The fourth-order valence-electron chi connectivity index (χ4n) is 3.69. The van der Waals surface area contributed by atoms with Crippen molar-refractivity contribution in [3.05, 3.63) is 57.4 Å². The topological polar surface area (TPSA) is 66.6 Å². The lowest BCUT2D eigenvalue weighted by Crippen LogP contribution is -2.22. The molecule has 0 spiro atoms. The average Bonchev–Trinajstić information content (AvgIpc) is 3.14. The SMILES string of the molecule is CCN(CC)Cc1cc2c(=O)c(-c3nc4ccccc4s3)c(C)oc2c(C)c1O. The fourth-order valence-corrected chi connectivity index (χ4v) is 4.75. The summed E-state index contributed by atoms with van der Waals surface area (Å²) in [7, 11) is 0. The van der Waals surface area contributed by atoms with E-state index in [1.165, 1.54) is 11.3 Å². The number of phenols is 1. The minimum atomic E-state index is -0.105. The summed E-state index contributed by atoms with van der Waals surface area (Å²) in [4.78, 5) is 20.3. The van der Waals surface area contributed by atoms with Gasteiger partial charge in [-0.15, -0.1) is 11.3 Å². The van der Waals surface area contributed by atoms with Gasteiger partial charge in [0.2, 0.25) is 5.43 Å². The number of nitrogens with zero attached hydrogens (tertiary/aromatic N) is 2. The second-order valence-corrected chi connectivity index (χ2v) is 8.23. The zero-order valence-electron chi connectivity index (χ0n) is 17.1. The molecule has 0 saturated heterocycles. The van der Waals surface area contributed by atoms with E-state index in [2.05, 4.69) is 23.7 Å². The zero-order valence-corrected chi connectivity index (χ0v) is 17.9. The predicted octanol–water partition coefficient (Wildman–Crippen LogP) is 5.23. The number of benzene rings is 2. The fraction of sp³-hybridized carbons (Fsp3) is 0.304. The number of phenolic OH excluding ortho intramolecular Hbond substituents is 1. The van der Waals surface area contributed by atoms with Crippen LogP contribution in [0.25, 0.3) is 31.8 Å². The predicted molar refractivity (Wildman–Crippen MR) is 119 cm³/mol. The molecule has 0 fully saturated rings. The van der Waals surface area contributed by atoms with Crippen LogP contribution in [0, 0.1) is 13.8 Å². The first-order valence-electron chi connectivity index (χ1n) is 9.81. The van der Waals surface area contributed by atoms with Crippen molar-refractivity contribution in [3.8, 4) is 16.3 Å². The normalized spacial score (nSPS) is 11.8. The number of aromatic nitrogens is 1. The summed E-state index contributed by atoms with van der Waals surface area (Å²) in [6, 6.07) is 9.62. The van der Waals surface area contributed by atoms with E-state index in [9.17, 15) is 9.90 Å². The van der Waals surface area contributed by atoms with Crippen LogP contribution in [-0.2, 0) is 6.54 Å². The summed E-state index contributed by atoms with van der Waals surface area (Å²) in [5, 5.41) is 11.9. The number of para-hydroxylation sites is 1. The van der Waals surface area contributed by atoms with E-state index < -0.39 is 0 Å². The van der Waals surface area contributed by atoms with Crippen LogP contribution in [-0.4, -0.2) is 28.1 Å². The molecule has 0 atom stereocenters. The van der Waals surface area contributed by atoms with Crippen LogP contribution in [0.3, 0.4) is 0 Å². The third-order valence-electron chi connectivity index (χ3n) is 5.44. The van der Waals surface area contributed by atoms with Crippen molar-refractivity contribution >= 4 is 32.5 Å². The third-order valence-corrected chi connectivity index (χ3v) is 6.49. The first-order valence-corrected chi connectivity index (χ1v) is 10.6. The molecular weight excluding hydrogens is 384 g/mol. The minimum Gasteiger partial charge on any atom is -0.507 e. The van der Waals surface area contributed by atoms with Crippen molar-refractivity contribution in [1.29, 1.82) is 0 Å². The molecule has 1 N–H and O–H groups in total. The number of aryl methyl sites for hydroxylation is 2. The zero-order chi connectivity index (χ0) is 20.7. The van der Waals surface area contributed by atoms with Gasteiger partial charge in [0, 0.05) is 17.7 Å². The summed E-state index contributed by atoms with van der Waals surface area (Å²) >= 11 is 1.49. The standard InChI is InChI=1S/C23H24N2O3S/c1-5-25(6-2)12-15-11-16-21(27)19(14(4)28-22(16)13(3)20(15)26)23-24-17-9-7-8-10-18(17)29-23/h7-11,26H,5-6,12H2,1-4H3. The summed E-state index contributed by atoms with van der Waals surface area (Å²) in [5.41, 5.74) is 3.05. The lowest BCUT2D eigenvalue weighted by molar-refractivity contribution is 0.290. The average molecular weight is 409 g/mol. The Morgan fingerprint density at radius 1 is 1.17 bits per heavy atom. The molecule has 4 rings (SSSR count). The molecule has 0 unspecified atom stereocenters. The van der Waals surface area contributed by atoms with Crippen LogP contribution in [0.5, 0.6) is 5.75 Å². The summed E-state index contributed by atoms with van der Waals surface area (Å²) in [6.07, 6.45) is 0. The highest BCUT2D eigenvalue weighted by atomic mass is 32.1. The van der Waals surface area contributed by atoms with Gasteiger partial charge in [-0.1, -0.05) is 26.0 Å². The van der Waals surface area contributed by atoms with Crippen molar-refractivity contribution in [2.24, 2.45) is 0 Å². The summed E-state index contributed by atoms with van der Waals surface area (Å²) in [6.45, 7) is 10.1. The van der Waals surface area contributed by atoms with E-state index in [1.807, 2.05) is 24.3 Å². The maximum absolute atomic E-state index is 13.5. The molecule has 5 nitrogen and oxygen atoms in total. The van der Waals surface area contributed by atoms with Gasteiger partial charge in [0.1, 0.15) is 22.1 Å². The molecule has 6 heteroatoms. The Bertz CT molecular complexity index is 1240. The smallest absolute Gasteiger partial charge is 0.203 e. The number of aromatic hydroxyl groups is 1. The lowest BCUT2D eigenvalue weighted by atomic mass is 10.0. The Hall–Kier alpha value is -2.70. The van der Waals surface area contributed by atoms with E-state index >= 15 is 0 Å². The van der Waals surface area contributed by atoms with E-state index in [-0.39, 0.29) is 11.2 Å².